The van der Waals surface area contributed by atoms with Crippen LogP contribution < -0.4 is 4.57 Å². The summed E-state index contributed by atoms with van der Waals surface area (Å²) in [4.78, 5) is 11.6. The van der Waals surface area contributed by atoms with E-state index < -0.39 is 5.60 Å². The Morgan fingerprint density at radius 2 is 2.07 bits per heavy atom. The van der Waals surface area contributed by atoms with Crippen LogP contribution in [0.5, 0.6) is 0 Å². The van der Waals surface area contributed by atoms with Crippen molar-refractivity contribution in [2.75, 3.05) is 0 Å². The Morgan fingerprint density at radius 3 is 2.57 bits per heavy atom. The van der Waals surface area contributed by atoms with E-state index in [4.69, 9.17) is 4.74 Å². The van der Waals surface area contributed by atoms with Gasteiger partial charge in [0, 0.05) is 6.07 Å². The Morgan fingerprint density at radius 1 is 1.43 bits per heavy atom. The van der Waals surface area contributed by atoms with E-state index in [1.807, 2.05) is 44.6 Å². The summed E-state index contributed by atoms with van der Waals surface area (Å²) in [5, 5.41) is 0. The normalized spacial score (nSPS) is 11.1. The number of ether oxygens (including phenoxy) is 1. The molecule has 0 N–H and O–H groups in total. The zero-order valence-electron chi connectivity index (χ0n) is 9.07. The Bertz CT molecular complexity index is 339. The highest BCUT2D eigenvalue weighted by Crippen LogP contribution is 2.10. The van der Waals surface area contributed by atoms with Crippen molar-refractivity contribution in [2.24, 2.45) is 7.05 Å². The molecule has 3 nitrogen and oxygen atoms in total. The minimum Gasteiger partial charge on any atom is -0.456 e. The molecule has 3 heteroatoms. The van der Waals surface area contributed by atoms with Gasteiger partial charge in [-0.1, -0.05) is 0 Å². The van der Waals surface area contributed by atoms with Crippen molar-refractivity contribution in [3.63, 3.8) is 0 Å². The molecule has 0 amide bonds. The first kappa shape index (κ1) is 10.7. The lowest BCUT2D eigenvalue weighted by molar-refractivity contribution is -0.671. The van der Waals surface area contributed by atoms with E-state index in [9.17, 15) is 4.79 Å². The van der Waals surface area contributed by atoms with Gasteiger partial charge in [0.05, 0.1) is 0 Å². The maximum Gasteiger partial charge on any atom is 0.344 e. The van der Waals surface area contributed by atoms with Crippen LogP contribution in [0.4, 0.5) is 0 Å². The molecule has 0 bridgehead atoms. The summed E-state index contributed by atoms with van der Waals surface area (Å²) >= 11 is 0. The molecular formula is C11H16NO2+. The van der Waals surface area contributed by atoms with Crippen molar-refractivity contribution in [3.8, 4) is 0 Å². The number of rotatable bonds is 1. The Kier molecular flexibility index (Phi) is 2.89. The molecule has 0 saturated heterocycles. The van der Waals surface area contributed by atoms with Gasteiger partial charge >= 0.3 is 5.97 Å². The van der Waals surface area contributed by atoms with Gasteiger partial charge in [-0.05, 0) is 26.8 Å². The highest BCUT2D eigenvalue weighted by atomic mass is 16.6. The van der Waals surface area contributed by atoms with Crippen LogP contribution in [0, 0.1) is 0 Å². The first-order chi connectivity index (χ1) is 6.38. The lowest BCUT2D eigenvalue weighted by Crippen LogP contribution is -2.30. The van der Waals surface area contributed by atoms with Crippen LogP contribution in [0.2, 0.25) is 0 Å². The second kappa shape index (κ2) is 3.78. The first-order valence-corrected chi connectivity index (χ1v) is 4.57. The van der Waals surface area contributed by atoms with Gasteiger partial charge in [0.1, 0.15) is 18.2 Å². The molecule has 1 aromatic heterocycles. The number of nitrogens with zero attached hydrogens (tertiary/aromatic N) is 1. The van der Waals surface area contributed by atoms with Crippen LogP contribution in [0.3, 0.4) is 0 Å². The van der Waals surface area contributed by atoms with Crippen LogP contribution in [-0.2, 0) is 11.8 Å². The highest BCUT2D eigenvalue weighted by Gasteiger charge is 2.19. The Labute approximate surface area is 84.3 Å². The third-order valence-corrected chi connectivity index (χ3v) is 1.57. The average molecular weight is 194 g/mol. The molecule has 1 aromatic rings. The monoisotopic (exact) mass is 194 g/mol. The van der Waals surface area contributed by atoms with E-state index in [1.54, 1.807) is 12.3 Å². The van der Waals surface area contributed by atoms with Gasteiger partial charge in [-0.2, -0.15) is 0 Å². The maximum absolute atomic E-state index is 11.6. The number of carbonyl (C=O) groups excluding carboxylic acids is 1. The van der Waals surface area contributed by atoms with Crippen LogP contribution in [-0.4, -0.2) is 11.6 Å². The molecule has 0 radical (unpaired) electrons. The summed E-state index contributed by atoms with van der Waals surface area (Å²) < 4.78 is 7.05. The molecule has 0 aromatic carbocycles. The smallest absolute Gasteiger partial charge is 0.344 e. The summed E-state index contributed by atoms with van der Waals surface area (Å²) in [5.41, 5.74) is 0.135. The van der Waals surface area contributed by atoms with Crippen molar-refractivity contribution < 1.29 is 14.1 Å². The summed E-state index contributed by atoms with van der Waals surface area (Å²) in [7, 11) is 1.87. The maximum atomic E-state index is 11.6. The second-order valence-electron chi connectivity index (χ2n) is 4.26. The summed E-state index contributed by atoms with van der Waals surface area (Å²) in [6.45, 7) is 5.56. The van der Waals surface area contributed by atoms with Gasteiger partial charge < -0.3 is 4.74 Å². The predicted molar refractivity (Wildman–Crippen MR) is 52.8 cm³/mol. The van der Waals surface area contributed by atoms with Gasteiger partial charge in [0.2, 0.25) is 0 Å². The van der Waals surface area contributed by atoms with Crippen molar-refractivity contribution in [1.29, 1.82) is 0 Å². The molecular weight excluding hydrogens is 178 g/mol. The number of aromatic nitrogens is 1. The van der Waals surface area contributed by atoms with E-state index in [-0.39, 0.29) is 5.97 Å². The predicted octanol–water partition coefficient (Wildman–Crippen LogP) is 1.47. The van der Waals surface area contributed by atoms with E-state index in [0.29, 0.717) is 5.56 Å². The van der Waals surface area contributed by atoms with Crippen molar-refractivity contribution in [1.82, 2.24) is 0 Å². The number of hydrogen-bond acceptors (Lipinski definition) is 2. The number of aryl methyl sites for hydroxylation is 1. The third-order valence-electron chi connectivity index (χ3n) is 1.57. The van der Waals surface area contributed by atoms with Crippen LogP contribution in [0.1, 0.15) is 31.1 Å². The fourth-order valence-electron chi connectivity index (χ4n) is 1.05. The quantitative estimate of drug-likeness (QED) is 0.500. The van der Waals surface area contributed by atoms with Crippen LogP contribution >= 0.6 is 0 Å². The molecule has 0 atom stereocenters. The molecule has 0 saturated carbocycles. The van der Waals surface area contributed by atoms with E-state index in [2.05, 4.69) is 0 Å². The summed E-state index contributed by atoms with van der Waals surface area (Å²) in [6, 6.07) is 3.56. The Balaban J connectivity index is 2.80. The highest BCUT2D eigenvalue weighted by molar-refractivity contribution is 5.88. The lowest BCUT2D eigenvalue weighted by atomic mass is 10.2. The molecule has 76 valence electrons. The molecule has 1 heterocycles. The minimum absolute atomic E-state index is 0.284. The molecule has 14 heavy (non-hydrogen) atoms. The number of pyridine rings is 1. The first-order valence-electron chi connectivity index (χ1n) is 4.57. The van der Waals surface area contributed by atoms with Gasteiger partial charge in [-0.15, -0.1) is 0 Å². The molecule has 1 rings (SSSR count). The van der Waals surface area contributed by atoms with Crippen molar-refractivity contribution in [3.05, 3.63) is 30.1 Å². The second-order valence-corrected chi connectivity index (χ2v) is 4.26. The topological polar surface area (TPSA) is 30.2 Å². The number of carbonyl (C=O) groups is 1. The molecule has 0 spiro atoms. The standard InChI is InChI=1S/C11H16NO2/c1-11(2,3)14-10(13)9-6-5-7-12(4)8-9/h5-8H,1-4H3/q+1. The lowest BCUT2D eigenvalue weighted by Gasteiger charge is -2.18. The van der Waals surface area contributed by atoms with Crippen LogP contribution in [0.15, 0.2) is 24.5 Å². The molecule has 0 aliphatic carbocycles. The van der Waals surface area contributed by atoms with Gasteiger partial charge in [-0.25, -0.2) is 9.36 Å². The van der Waals surface area contributed by atoms with Crippen molar-refractivity contribution >= 4 is 5.97 Å². The zero-order valence-corrected chi connectivity index (χ0v) is 9.07. The molecule has 0 fully saturated rings. The fraction of sp³-hybridized carbons (Fsp3) is 0.455. The zero-order chi connectivity index (χ0) is 10.8. The number of esters is 1. The fourth-order valence-corrected chi connectivity index (χ4v) is 1.05. The molecule has 0 aliphatic rings. The van der Waals surface area contributed by atoms with E-state index >= 15 is 0 Å². The summed E-state index contributed by atoms with van der Waals surface area (Å²) in [6.07, 6.45) is 3.61. The van der Waals surface area contributed by atoms with Gasteiger partial charge in [0.25, 0.3) is 0 Å². The van der Waals surface area contributed by atoms with E-state index in [0.717, 1.165) is 0 Å². The molecule has 0 unspecified atom stereocenters. The third kappa shape index (κ3) is 3.17. The summed E-state index contributed by atoms with van der Waals surface area (Å²) in [5.74, 6) is -0.284. The minimum atomic E-state index is -0.439. The SMILES string of the molecule is C[n+]1cccc(C(=O)OC(C)(C)C)c1. The number of hydrogen-bond donors (Lipinski definition) is 0. The van der Waals surface area contributed by atoms with Gasteiger partial charge in [0.15, 0.2) is 12.4 Å². The Hall–Kier alpha value is -1.38. The largest absolute Gasteiger partial charge is 0.456 e. The molecule has 0 aliphatic heterocycles. The van der Waals surface area contributed by atoms with E-state index in [1.165, 1.54) is 0 Å². The van der Waals surface area contributed by atoms with Crippen LogP contribution in [0.25, 0.3) is 0 Å². The average Bonchev–Trinajstić information content (AvgIpc) is 2.01. The van der Waals surface area contributed by atoms with Gasteiger partial charge in [-0.3, -0.25) is 0 Å². The van der Waals surface area contributed by atoms with Crippen molar-refractivity contribution in [2.45, 2.75) is 26.4 Å².